The molecule has 6 aromatic carbocycles. The van der Waals surface area contributed by atoms with Gasteiger partial charge in [-0.05, 0) is 70.3 Å². The molecule has 196 valence electrons. The highest BCUT2D eigenvalue weighted by Crippen LogP contribution is 2.51. The lowest BCUT2D eigenvalue weighted by Gasteiger charge is -2.21. The number of hydrogen-bond donors (Lipinski definition) is 1. The van der Waals surface area contributed by atoms with E-state index in [1.807, 2.05) is 0 Å². The van der Waals surface area contributed by atoms with Gasteiger partial charge in [-0.2, -0.15) is 0 Å². The topological polar surface area (TPSA) is 17.0 Å². The molecule has 1 aliphatic carbocycles. The molecule has 0 saturated heterocycles. The Labute approximate surface area is 240 Å². The minimum atomic E-state index is -0.00884. The van der Waals surface area contributed by atoms with Crippen LogP contribution in [0.2, 0.25) is 0 Å². The summed E-state index contributed by atoms with van der Waals surface area (Å²) < 4.78 is 2.37. The maximum atomic E-state index is 3.75. The molecule has 41 heavy (non-hydrogen) atoms. The molecule has 1 aliphatic rings. The summed E-state index contributed by atoms with van der Waals surface area (Å²) in [6, 6.07) is 50.4. The molecule has 8 rings (SSSR count). The molecular formula is C39H30N2. The van der Waals surface area contributed by atoms with E-state index in [9.17, 15) is 0 Å². The molecule has 1 heterocycles. The highest BCUT2D eigenvalue weighted by molar-refractivity contribution is 6.15. The maximum absolute atomic E-state index is 3.75. The zero-order valence-corrected chi connectivity index (χ0v) is 23.2. The fourth-order valence-electron chi connectivity index (χ4n) is 6.86. The van der Waals surface area contributed by atoms with Gasteiger partial charge < -0.3 is 9.88 Å². The van der Waals surface area contributed by atoms with Crippen LogP contribution in [-0.4, -0.2) is 4.57 Å². The molecule has 1 aromatic heterocycles. The van der Waals surface area contributed by atoms with Crippen LogP contribution < -0.4 is 5.32 Å². The molecule has 0 radical (unpaired) electrons. The molecule has 0 atom stereocenters. The third-order valence-electron chi connectivity index (χ3n) is 8.79. The summed E-state index contributed by atoms with van der Waals surface area (Å²) in [7, 11) is 0. The Balaban J connectivity index is 1.21. The van der Waals surface area contributed by atoms with E-state index in [-0.39, 0.29) is 5.41 Å². The first-order chi connectivity index (χ1) is 20.1. The van der Waals surface area contributed by atoms with Crippen LogP contribution in [0.4, 0.5) is 11.4 Å². The first kappa shape index (κ1) is 23.8. The number of fused-ring (bicyclic) bond motifs is 6. The van der Waals surface area contributed by atoms with Crippen LogP contribution in [0.5, 0.6) is 0 Å². The van der Waals surface area contributed by atoms with Gasteiger partial charge >= 0.3 is 0 Å². The van der Waals surface area contributed by atoms with Crippen molar-refractivity contribution in [2.24, 2.45) is 0 Å². The van der Waals surface area contributed by atoms with Crippen LogP contribution >= 0.6 is 0 Å². The van der Waals surface area contributed by atoms with E-state index in [2.05, 4.69) is 163 Å². The van der Waals surface area contributed by atoms with Crippen molar-refractivity contribution in [2.75, 3.05) is 5.32 Å². The van der Waals surface area contributed by atoms with Crippen molar-refractivity contribution in [3.63, 3.8) is 0 Å². The average molecular weight is 527 g/mol. The fourth-order valence-corrected chi connectivity index (χ4v) is 6.86. The van der Waals surface area contributed by atoms with Crippen molar-refractivity contribution in [1.29, 1.82) is 0 Å². The van der Waals surface area contributed by atoms with E-state index in [1.165, 1.54) is 60.9 Å². The van der Waals surface area contributed by atoms with E-state index >= 15 is 0 Å². The van der Waals surface area contributed by atoms with Gasteiger partial charge in [-0.3, -0.25) is 0 Å². The van der Waals surface area contributed by atoms with Crippen LogP contribution in [0.3, 0.4) is 0 Å². The van der Waals surface area contributed by atoms with Crippen molar-refractivity contribution in [2.45, 2.75) is 19.3 Å². The second kappa shape index (κ2) is 8.97. The monoisotopic (exact) mass is 526 g/mol. The van der Waals surface area contributed by atoms with Gasteiger partial charge in [0.15, 0.2) is 0 Å². The second-order valence-corrected chi connectivity index (χ2v) is 11.5. The van der Waals surface area contributed by atoms with Gasteiger partial charge in [0.2, 0.25) is 0 Å². The van der Waals surface area contributed by atoms with Crippen LogP contribution in [0.1, 0.15) is 25.0 Å². The van der Waals surface area contributed by atoms with Gasteiger partial charge in [0.05, 0.1) is 11.0 Å². The number of rotatable bonds is 4. The predicted molar refractivity (Wildman–Crippen MR) is 174 cm³/mol. The van der Waals surface area contributed by atoms with Crippen LogP contribution in [0.15, 0.2) is 140 Å². The number of anilines is 2. The molecule has 0 aliphatic heterocycles. The smallest absolute Gasteiger partial charge is 0.0547 e. The lowest BCUT2D eigenvalue weighted by molar-refractivity contribution is 0.660. The number of hydrogen-bond acceptors (Lipinski definition) is 1. The first-order valence-electron chi connectivity index (χ1n) is 14.3. The molecule has 1 N–H and O–H groups in total. The van der Waals surface area contributed by atoms with E-state index in [0.717, 1.165) is 11.4 Å². The quantitative estimate of drug-likeness (QED) is 0.241. The van der Waals surface area contributed by atoms with Crippen LogP contribution in [0.25, 0.3) is 49.7 Å². The molecular weight excluding hydrogens is 496 g/mol. The normalized spacial score (nSPS) is 13.3. The van der Waals surface area contributed by atoms with E-state index in [0.29, 0.717) is 0 Å². The third-order valence-corrected chi connectivity index (χ3v) is 8.79. The van der Waals surface area contributed by atoms with Crippen LogP contribution in [-0.2, 0) is 5.41 Å². The van der Waals surface area contributed by atoms with Gasteiger partial charge in [0, 0.05) is 38.8 Å². The predicted octanol–water partition coefficient (Wildman–Crippen LogP) is 10.5. The lowest BCUT2D eigenvalue weighted by Crippen LogP contribution is -2.14. The summed E-state index contributed by atoms with van der Waals surface area (Å²) in [6.07, 6.45) is 0. The second-order valence-electron chi connectivity index (χ2n) is 11.5. The van der Waals surface area contributed by atoms with Gasteiger partial charge in [0.1, 0.15) is 0 Å². The highest BCUT2D eigenvalue weighted by Gasteiger charge is 2.36. The highest BCUT2D eigenvalue weighted by atomic mass is 15.0. The van der Waals surface area contributed by atoms with Crippen LogP contribution in [0, 0.1) is 0 Å². The summed E-state index contributed by atoms with van der Waals surface area (Å²) in [4.78, 5) is 0. The largest absolute Gasteiger partial charge is 0.355 e. The molecule has 0 amide bonds. The van der Waals surface area contributed by atoms with Crippen molar-refractivity contribution < 1.29 is 0 Å². The number of benzene rings is 6. The standard InChI is InChI=1S/C39H30N2/c1-39(2)32-17-8-6-14-30(32)38-33(39)18-11-19-34(38)40-27-24-22-26(23-25-27)29-16-10-21-36-37(29)31-15-7-9-20-35(31)41(36)28-12-4-3-5-13-28/h3-25,40H,1-2H3. The van der Waals surface area contributed by atoms with E-state index in [1.54, 1.807) is 0 Å². The molecule has 0 fully saturated rings. The van der Waals surface area contributed by atoms with Crippen molar-refractivity contribution >= 4 is 33.2 Å². The summed E-state index contributed by atoms with van der Waals surface area (Å²) in [5, 5.41) is 6.30. The molecule has 0 bridgehead atoms. The Morgan fingerprint density at radius 2 is 1.20 bits per heavy atom. The Hall–Kier alpha value is -5.08. The molecule has 0 saturated carbocycles. The number of nitrogens with one attached hydrogen (secondary N) is 1. The lowest BCUT2D eigenvalue weighted by atomic mass is 9.82. The Kier molecular flexibility index (Phi) is 5.20. The number of para-hydroxylation sites is 2. The molecule has 7 aromatic rings. The minimum Gasteiger partial charge on any atom is -0.355 e. The zero-order valence-electron chi connectivity index (χ0n) is 23.2. The summed E-state index contributed by atoms with van der Waals surface area (Å²) >= 11 is 0. The summed E-state index contributed by atoms with van der Waals surface area (Å²) in [6.45, 7) is 4.65. The fraction of sp³-hybridized carbons (Fsp3) is 0.0769. The van der Waals surface area contributed by atoms with Gasteiger partial charge in [-0.1, -0.05) is 111 Å². The number of aromatic nitrogens is 1. The van der Waals surface area contributed by atoms with Crippen molar-refractivity contribution in [3.05, 3.63) is 151 Å². The molecule has 0 unspecified atom stereocenters. The SMILES string of the molecule is CC1(C)c2ccccc2-c2c(Nc3ccc(-c4cccc5c4c4ccccc4n5-c4ccccc4)cc3)cccc21. The molecule has 0 spiro atoms. The average Bonchev–Trinajstić information content (AvgIpc) is 3.48. The van der Waals surface area contributed by atoms with E-state index < -0.39 is 0 Å². The maximum Gasteiger partial charge on any atom is 0.0547 e. The first-order valence-corrected chi connectivity index (χ1v) is 14.3. The van der Waals surface area contributed by atoms with Gasteiger partial charge in [-0.25, -0.2) is 0 Å². The Morgan fingerprint density at radius 3 is 2.05 bits per heavy atom. The van der Waals surface area contributed by atoms with Crippen molar-refractivity contribution in [1.82, 2.24) is 4.57 Å². The molecule has 2 nitrogen and oxygen atoms in total. The summed E-state index contributed by atoms with van der Waals surface area (Å²) in [5.74, 6) is 0. The Morgan fingerprint density at radius 1 is 0.537 bits per heavy atom. The van der Waals surface area contributed by atoms with Gasteiger partial charge in [0.25, 0.3) is 0 Å². The zero-order chi connectivity index (χ0) is 27.6. The van der Waals surface area contributed by atoms with Crippen molar-refractivity contribution in [3.8, 4) is 27.9 Å². The molecule has 2 heteroatoms. The summed E-state index contributed by atoms with van der Waals surface area (Å²) in [5.41, 5.74) is 13.7. The minimum absolute atomic E-state index is 0.00884. The van der Waals surface area contributed by atoms with E-state index in [4.69, 9.17) is 0 Å². The Bertz CT molecular complexity index is 2080. The third kappa shape index (κ3) is 3.57. The number of nitrogens with zero attached hydrogens (tertiary/aromatic N) is 1. The van der Waals surface area contributed by atoms with Gasteiger partial charge in [-0.15, -0.1) is 0 Å².